The normalized spacial score (nSPS) is 14.1. The maximum Gasteiger partial charge on any atom is 0.275 e. The second-order valence-electron chi connectivity index (χ2n) is 8.85. The summed E-state index contributed by atoms with van der Waals surface area (Å²) in [7, 11) is 1.47. The van der Waals surface area contributed by atoms with E-state index in [2.05, 4.69) is 21.0 Å². The molecule has 0 radical (unpaired) electrons. The fraction of sp³-hybridized carbons (Fsp3) is 0.107. The molecule has 3 aromatic carbocycles. The molecular formula is C28H23FN6O5. The van der Waals surface area contributed by atoms with Crippen LogP contribution in [0.1, 0.15) is 28.9 Å². The van der Waals surface area contributed by atoms with E-state index in [9.17, 15) is 24.1 Å². The Morgan fingerprint density at radius 3 is 2.45 bits per heavy atom. The van der Waals surface area contributed by atoms with Gasteiger partial charge in [-0.05, 0) is 49.4 Å². The maximum atomic E-state index is 13.7. The number of carbonyl (C=O) groups excluding carboxylic acids is 2. The molecule has 5 rings (SSSR count). The minimum absolute atomic E-state index is 0.122. The Labute approximate surface area is 227 Å². The predicted octanol–water partition coefficient (Wildman–Crippen LogP) is 5.12. The largest absolute Gasteiger partial charge is 0.495 e. The highest BCUT2D eigenvalue weighted by Crippen LogP contribution is 2.41. The molecule has 0 bridgehead atoms. The van der Waals surface area contributed by atoms with E-state index in [1.54, 1.807) is 43.3 Å². The van der Waals surface area contributed by atoms with E-state index >= 15 is 0 Å². The van der Waals surface area contributed by atoms with E-state index in [-0.39, 0.29) is 28.2 Å². The number of hydrogen-bond donors (Lipinski definition) is 3. The minimum Gasteiger partial charge on any atom is -0.495 e. The predicted molar refractivity (Wildman–Crippen MR) is 146 cm³/mol. The van der Waals surface area contributed by atoms with Gasteiger partial charge in [-0.2, -0.15) is 5.10 Å². The zero-order chi connectivity index (χ0) is 28.4. The van der Waals surface area contributed by atoms with Gasteiger partial charge in [0.15, 0.2) is 0 Å². The highest BCUT2D eigenvalue weighted by Gasteiger charge is 2.38. The number of halogens is 1. The Balaban J connectivity index is 1.59. The number of hydrogen-bond acceptors (Lipinski definition) is 7. The topological polar surface area (TPSA) is 140 Å². The number of nitrogens with zero attached hydrogens (tertiary/aromatic N) is 3. The average molecular weight is 543 g/mol. The number of methoxy groups -OCH3 is 1. The van der Waals surface area contributed by atoms with Crippen LogP contribution < -0.4 is 20.7 Å². The monoisotopic (exact) mass is 542 g/mol. The number of para-hydroxylation sites is 3. The number of rotatable bonds is 7. The van der Waals surface area contributed by atoms with Crippen LogP contribution in [0.4, 0.5) is 27.3 Å². The maximum absolute atomic E-state index is 13.7. The molecule has 1 aromatic heterocycles. The Hall–Kier alpha value is -5.52. The van der Waals surface area contributed by atoms with Gasteiger partial charge in [-0.3, -0.25) is 19.7 Å². The van der Waals surface area contributed by atoms with Crippen LogP contribution in [-0.4, -0.2) is 33.6 Å². The first-order chi connectivity index (χ1) is 19.3. The van der Waals surface area contributed by atoms with Crippen LogP contribution in [-0.2, 0) is 4.79 Å². The summed E-state index contributed by atoms with van der Waals surface area (Å²) in [6.07, 6.45) is 1.30. The number of anilines is 3. The Morgan fingerprint density at radius 2 is 1.73 bits per heavy atom. The van der Waals surface area contributed by atoms with Crippen molar-refractivity contribution >= 4 is 34.7 Å². The standard InChI is InChI=1S/C28H23FN6O5/c1-16-24(28(37)33-21-8-4-6-10-23(21)40-2)25(19-7-3-5-9-22(19)35(38)39)34-26(31-16)20(15-30-34)27(36)32-18-13-11-17(29)12-14-18/h3-15,25,31H,1-2H3,(H,32,36)(H,33,37). The number of amides is 2. The molecule has 1 aliphatic rings. The minimum atomic E-state index is -1.06. The van der Waals surface area contributed by atoms with Gasteiger partial charge < -0.3 is 20.7 Å². The van der Waals surface area contributed by atoms with Gasteiger partial charge >= 0.3 is 0 Å². The Bertz CT molecular complexity index is 1660. The molecule has 40 heavy (non-hydrogen) atoms. The number of carbonyl (C=O) groups is 2. The molecule has 11 nitrogen and oxygen atoms in total. The lowest BCUT2D eigenvalue weighted by Crippen LogP contribution is -2.32. The summed E-state index contributed by atoms with van der Waals surface area (Å²) >= 11 is 0. The van der Waals surface area contributed by atoms with Gasteiger partial charge in [-0.15, -0.1) is 0 Å². The molecule has 0 spiro atoms. The van der Waals surface area contributed by atoms with Crippen molar-refractivity contribution in [3.05, 3.63) is 117 Å². The molecule has 1 atom stereocenters. The number of nitrogens with one attached hydrogen (secondary N) is 3. The third kappa shape index (κ3) is 4.85. The molecule has 4 aromatic rings. The van der Waals surface area contributed by atoms with Crippen LogP contribution in [0.15, 0.2) is 90.3 Å². The molecule has 202 valence electrons. The van der Waals surface area contributed by atoms with Crippen molar-refractivity contribution in [2.24, 2.45) is 0 Å². The quantitative estimate of drug-likeness (QED) is 0.217. The first-order valence-corrected chi connectivity index (χ1v) is 12.1. The molecule has 1 unspecified atom stereocenters. The van der Waals surface area contributed by atoms with E-state index < -0.39 is 28.6 Å². The number of ether oxygens (including phenoxy) is 1. The molecule has 12 heteroatoms. The first kappa shape index (κ1) is 26.1. The molecule has 0 saturated carbocycles. The fourth-order valence-corrected chi connectivity index (χ4v) is 4.56. The van der Waals surface area contributed by atoms with Gasteiger partial charge in [-0.25, -0.2) is 9.07 Å². The van der Waals surface area contributed by atoms with Crippen molar-refractivity contribution in [2.75, 3.05) is 23.1 Å². The van der Waals surface area contributed by atoms with Gasteiger partial charge in [0, 0.05) is 17.5 Å². The second kappa shape index (κ2) is 10.7. The van der Waals surface area contributed by atoms with Gasteiger partial charge in [0.1, 0.15) is 29.0 Å². The number of nitro groups is 1. The summed E-state index contributed by atoms with van der Waals surface area (Å²) in [6, 6.07) is 17.1. The smallest absolute Gasteiger partial charge is 0.275 e. The lowest BCUT2D eigenvalue weighted by molar-refractivity contribution is -0.385. The SMILES string of the molecule is COc1ccccc1NC(=O)C1=C(C)Nc2c(C(=O)Nc3ccc(F)cc3)cnn2C1c1ccccc1[N+](=O)[O-]. The van der Waals surface area contributed by atoms with Crippen LogP contribution >= 0.6 is 0 Å². The Kier molecular flexibility index (Phi) is 6.98. The van der Waals surface area contributed by atoms with Crippen molar-refractivity contribution < 1.29 is 23.6 Å². The highest BCUT2D eigenvalue weighted by atomic mass is 19.1. The number of nitro benzene ring substituents is 1. The summed E-state index contributed by atoms with van der Waals surface area (Å²) in [4.78, 5) is 38.4. The van der Waals surface area contributed by atoms with Crippen molar-refractivity contribution in [3.8, 4) is 5.75 Å². The average Bonchev–Trinajstić information content (AvgIpc) is 3.37. The number of fused-ring (bicyclic) bond motifs is 1. The van der Waals surface area contributed by atoms with E-state index in [1.807, 2.05) is 0 Å². The van der Waals surface area contributed by atoms with Crippen molar-refractivity contribution in [1.82, 2.24) is 9.78 Å². The van der Waals surface area contributed by atoms with Crippen molar-refractivity contribution in [2.45, 2.75) is 13.0 Å². The van der Waals surface area contributed by atoms with Gasteiger partial charge in [0.05, 0.1) is 35.1 Å². The highest BCUT2D eigenvalue weighted by molar-refractivity contribution is 6.10. The third-order valence-corrected chi connectivity index (χ3v) is 6.40. The van der Waals surface area contributed by atoms with Crippen LogP contribution in [0.2, 0.25) is 0 Å². The Morgan fingerprint density at radius 1 is 1.02 bits per heavy atom. The van der Waals surface area contributed by atoms with Crippen LogP contribution in [0, 0.1) is 15.9 Å². The molecule has 1 aliphatic heterocycles. The van der Waals surface area contributed by atoms with Crippen LogP contribution in [0.5, 0.6) is 5.75 Å². The molecular weight excluding hydrogens is 519 g/mol. The molecule has 2 heterocycles. The van der Waals surface area contributed by atoms with E-state index in [4.69, 9.17) is 4.74 Å². The van der Waals surface area contributed by atoms with Gasteiger partial charge in [0.2, 0.25) is 0 Å². The fourth-order valence-electron chi connectivity index (χ4n) is 4.56. The summed E-state index contributed by atoms with van der Waals surface area (Å²) in [5.41, 5.74) is 1.39. The number of aromatic nitrogens is 2. The summed E-state index contributed by atoms with van der Waals surface area (Å²) < 4.78 is 20.0. The van der Waals surface area contributed by atoms with E-state index in [0.717, 1.165) is 0 Å². The van der Waals surface area contributed by atoms with Gasteiger partial charge in [-0.1, -0.05) is 24.3 Å². The molecule has 3 N–H and O–H groups in total. The molecule has 0 aliphatic carbocycles. The molecule has 2 amide bonds. The lowest BCUT2D eigenvalue weighted by Gasteiger charge is -2.30. The van der Waals surface area contributed by atoms with Crippen LogP contribution in [0.3, 0.4) is 0 Å². The molecule has 0 fully saturated rings. The van der Waals surface area contributed by atoms with E-state index in [0.29, 0.717) is 22.8 Å². The lowest BCUT2D eigenvalue weighted by atomic mass is 9.93. The van der Waals surface area contributed by atoms with Gasteiger partial charge in [0.25, 0.3) is 17.5 Å². The number of allylic oxidation sites excluding steroid dienone is 1. The molecule has 0 saturated heterocycles. The number of benzene rings is 3. The summed E-state index contributed by atoms with van der Waals surface area (Å²) in [5.74, 6) is -0.879. The zero-order valence-corrected chi connectivity index (χ0v) is 21.3. The van der Waals surface area contributed by atoms with Crippen molar-refractivity contribution in [3.63, 3.8) is 0 Å². The second-order valence-corrected chi connectivity index (χ2v) is 8.85. The van der Waals surface area contributed by atoms with E-state index in [1.165, 1.54) is 54.4 Å². The zero-order valence-electron chi connectivity index (χ0n) is 21.3. The first-order valence-electron chi connectivity index (χ1n) is 12.1. The third-order valence-electron chi connectivity index (χ3n) is 6.40. The van der Waals surface area contributed by atoms with Crippen molar-refractivity contribution in [1.29, 1.82) is 0 Å². The summed E-state index contributed by atoms with van der Waals surface area (Å²) in [5, 5.41) is 24.9. The summed E-state index contributed by atoms with van der Waals surface area (Å²) in [6.45, 7) is 1.64. The van der Waals surface area contributed by atoms with Crippen LogP contribution in [0.25, 0.3) is 0 Å².